The summed E-state index contributed by atoms with van der Waals surface area (Å²) in [5, 5.41) is 11.1. The zero-order valence-corrected chi connectivity index (χ0v) is 8.14. The molecule has 1 rings (SSSR count). The van der Waals surface area contributed by atoms with Crippen LogP contribution in [-0.4, -0.2) is 24.2 Å². The van der Waals surface area contributed by atoms with Crippen LogP contribution in [0.2, 0.25) is 0 Å². The van der Waals surface area contributed by atoms with Gasteiger partial charge in [-0.2, -0.15) is 0 Å². The number of carbonyl (C=O) groups excluding carboxylic acids is 1. The molecule has 0 spiro atoms. The van der Waals surface area contributed by atoms with Gasteiger partial charge in [-0.25, -0.2) is 9.59 Å². The lowest BCUT2D eigenvalue weighted by Crippen LogP contribution is -2.25. The number of alkyl carbamates (subject to hydrolysis) is 1. The number of rotatable bonds is 3. The van der Waals surface area contributed by atoms with Gasteiger partial charge in [0.15, 0.2) is 0 Å². The van der Waals surface area contributed by atoms with Crippen LogP contribution in [0.5, 0.6) is 0 Å². The van der Waals surface area contributed by atoms with Crippen LogP contribution in [0.4, 0.5) is 4.79 Å². The molecule has 15 heavy (non-hydrogen) atoms. The van der Waals surface area contributed by atoms with Crippen molar-refractivity contribution in [2.75, 3.05) is 7.05 Å². The minimum absolute atomic E-state index is 0.425. The molecule has 0 aromatic heterocycles. The number of carboxylic acid groups (broad SMARTS) is 1. The van der Waals surface area contributed by atoms with Gasteiger partial charge in [0.05, 0.1) is 0 Å². The van der Waals surface area contributed by atoms with Crippen molar-refractivity contribution < 1.29 is 19.4 Å². The average Bonchev–Trinajstić information content (AvgIpc) is 2.26. The summed E-state index contributed by atoms with van der Waals surface area (Å²) in [6.07, 6.45) is -2.04. The van der Waals surface area contributed by atoms with Crippen LogP contribution < -0.4 is 5.32 Å². The van der Waals surface area contributed by atoms with Crippen LogP contribution in [0.15, 0.2) is 30.3 Å². The highest BCUT2D eigenvalue weighted by Crippen LogP contribution is 2.17. The van der Waals surface area contributed by atoms with E-state index in [1.807, 2.05) is 0 Å². The second kappa shape index (κ2) is 4.99. The van der Waals surface area contributed by atoms with E-state index in [1.165, 1.54) is 7.05 Å². The molecular weight excluding hydrogens is 198 g/mol. The van der Waals surface area contributed by atoms with Gasteiger partial charge >= 0.3 is 12.1 Å². The smallest absolute Gasteiger partial charge is 0.408 e. The van der Waals surface area contributed by atoms with Gasteiger partial charge in [-0.05, 0) is 0 Å². The second-order valence-corrected chi connectivity index (χ2v) is 2.78. The molecule has 2 N–H and O–H groups in total. The molecule has 80 valence electrons. The highest BCUT2D eigenvalue weighted by molar-refractivity contribution is 5.78. The number of benzene rings is 1. The molecule has 0 unspecified atom stereocenters. The van der Waals surface area contributed by atoms with E-state index < -0.39 is 18.2 Å². The summed E-state index contributed by atoms with van der Waals surface area (Å²) in [6.45, 7) is 0. The Morgan fingerprint density at radius 2 is 1.93 bits per heavy atom. The zero-order valence-electron chi connectivity index (χ0n) is 8.14. The summed E-state index contributed by atoms with van der Waals surface area (Å²) >= 11 is 0. The van der Waals surface area contributed by atoms with E-state index in [-0.39, 0.29) is 0 Å². The van der Waals surface area contributed by atoms with E-state index in [9.17, 15) is 9.59 Å². The minimum atomic E-state index is -1.27. The topological polar surface area (TPSA) is 75.6 Å². The van der Waals surface area contributed by atoms with Gasteiger partial charge in [0.25, 0.3) is 0 Å². The maximum absolute atomic E-state index is 10.9. The second-order valence-electron chi connectivity index (χ2n) is 2.78. The molecule has 0 aliphatic heterocycles. The van der Waals surface area contributed by atoms with Gasteiger partial charge in [-0.1, -0.05) is 30.3 Å². The third-order valence-corrected chi connectivity index (χ3v) is 1.76. The zero-order chi connectivity index (χ0) is 11.3. The number of amides is 1. The van der Waals surface area contributed by atoms with Gasteiger partial charge in [0.1, 0.15) is 0 Å². The third kappa shape index (κ3) is 2.98. The largest absolute Gasteiger partial charge is 0.478 e. The Kier molecular flexibility index (Phi) is 3.68. The van der Waals surface area contributed by atoms with Gasteiger partial charge in [0.2, 0.25) is 6.10 Å². The Balaban J connectivity index is 2.84. The molecule has 5 heteroatoms. The maximum atomic E-state index is 10.9. The monoisotopic (exact) mass is 209 g/mol. The molecule has 0 saturated heterocycles. The molecule has 0 heterocycles. The molecule has 0 saturated carbocycles. The summed E-state index contributed by atoms with van der Waals surface area (Å²) < 4.78 is 4.70. The summed E-state index contributed by atoms with van der Waals surface area (Å²) in [7, 11) is 1.37. The standard InChI is InChI=1S/C10H11NO4/c1-11-10(14)15-8(9(12)13)7-5-3-2-4-6-7/h2-6,8H,1H3,(H,11,14)(H,12,13)/t8-/m0/s1. The summed E-state index contributed by atoms with van der Waals surface area (Å²) in [5.74, 6) is -1.20. The van der Waals surface area contributed by atoms with E-state index in [0.29, 0.717) is 5.56 Å². The Hall–Kier alpha value is -2.04. The lowest BCUT2D eigenvalue weighted by molar-refractivity contribution is -0.147. The Morgan fingerprint density at radius 1 is 1.33 bits per heavy atom. The molecule has 5 nitrogen and oxygen atoms in total. The average molecular weight is 209 g/mol. The van der Waals surface area contributed by atoms with Crippen LogP contribution in [0.3, 0.4) is 0 Å². The van der Waals surface area contributed by atoms with Gasteiger partial charge in [-0.15, -0.1) is 0 Å². The molecule has 0 radical (unpaired) electrons. The fraction of sp³-hybridized carbons (Fsp3) is 0.200. The first-order valence-electron chi connectivity index (χ1n) is 4.31. The van der Waals surface area contributed by atoms with E-state index in [1.54, 1.807) is 30.3 Å². The van der Waals surface area contributed by atoms with Gasteiger partial charge < -0.3 is 15.2 Å². The number of hydrogen-bond acceptors (Lipinski definition) is 3. The van der Waals surface area contributed by atoms with Crippen molar-refractivity contribution in [3.8, 4) is 0 Å². The summed E-state index contributed by atoms with van der Waals surface area (Å²) in [6, 6.07) is 8.28. The Labute approximate surface area is 86.7 Å². The molecule has 1 amide bonds. The first-order chi connectivity index (χ1) is 7.15. The van der Waals surface area contributed by atoms with Crippen molar-refractivity contribution in [1.29, 1.82) is 0 Å². The number of hydrogen-bond donors (Lipinski definition) is 2. The minimum Gasteiger partial charge on any atom is -0.478 e. The van der Waals surface area contributed by atoms with Crippen molar-refractivity contribution in [3.05, 3.63) is 35.9 Å². The molecule has 0 bridgehead atoms. The molecule has 0 aliphatic carbocycles. The number of nitrogens with one attached hydrogen (secondary N) is 1. The summed E-state index contributed by atoms with van der Waals surface area (Å²) in [5.41, 5.74) is 0.425. The van der Waals surface area contributed by atoms with Crippen molar-refractivity contribution in [3.63, 3.8) is 0 Å². The van der Waals surface area contributed by atoms with Gasteiger partial charge in [0, 0.05) is 12.6 Å². The van der Waals surface area contributed by atoms with Crippen LogP contribution in [0.25, 0.3) is 0 Å². The first kappa shape index (κ1) is 11.0. The molecule has 0 fully saturated rings. The van der Waals surface area contributed by atoms with Crippen LogP contribution >= 0.6 is 0 Å². The van der Waals surface area contributed by atoms with Crippen molar-refractivity contribution in [2.45, 2.75) is 6.10 Å². The van der Waals surface area contributed by atoms with E-state index >= 15 is 0 Å². The Bertz CT molecular complexity index is 350. The third-order valence-electron chi connectivity index (χ3n) is 1.76. The van der Waals surface area contributed by atoms with E-state index in [0.717, 1.165) is 0 Å². The predicted molar refractivity (Wildman–Crippen MR) is 52.4 cm³/mol. The normalized spacial score (nSPS) is 11.5. The lowest BCUT2D eigenvalue weighted by Gasteiger charge is -2.13. The summed E-state index contributed by atoms with van der Waals surface area (Å²) in [4.78, 5) is 21.7. The number of aliphatic carboxylic acids is 1. The first-order valence-corrected chi connectivity index (χ1v) is 4.31. The number of carbonyl (C=O) groups is 2. The predicted octanol–water partition coefficient (Wildman–Crippen LogP) is 1.17. The molecule has 1 atom stereocenters. The van der Waals surface area contributed by atoms with Gasteiger partial charge in [-0.3, -0.25) is 0 Å². The van der Waals surface area contributed by atoms with E-state index in [4.69, 9.17) is 9.84 Å². The highest BCUT2D eigenvalue weighted by Gasteiger charge is 2.23. The fourth-order valence-electron chi connectivity index (χ4n) is 1.05. The number of carboxylic acids is 1. The van der Waals surface area contributed by atoms with Crippen molar-refractivity contribution in [2.24, 2.45) is 0 Å². The maximum Gasteiger partial charge on any atom is 0.408 e. The fourth-order valence-corrected chi connectivity index (χ4v) is 1.05. The van der Waals surface area contributed by atoms with Crippen LogP contribution in [0, 0.1) is 0 Å². The molecule has 0 aliphatic rings. The number of ether oxygens (including phenoxy) is 1. The highest BCUT2D eigenvalue weighted by atomic mass is 16.6. The lowest BCUT2D eigenvalue weighted by atomic mass is 10.1. The quantitative estimate of drug-likeness (QED) is 0.783. The Morgan fingerprint density at radius 3 is 2.40 bits per heavy atom. The SMILES string of the molecule is CNC(=O)O[C@H](C(=O)O)c1ccccc1. The van der Waals surface area contributed by atoms with Crippen LogP contribution in [0.1, 0.15) is 11.7 Å². The molecule has 1 aromatic rings. The van der Waals surface area contributed by atoms with E-state index in [2.05, 4.69) is 5.32 Å². The van der Waals surface area contributed by atoms with Crippen LogP contribution in [-0.2, 0) is 9.53 Å². The van der Waals surface area contributed by atoms with Crippen molar-refractivity contribution in [1.82, 2.24) is 5.32 Å². The molecule has 1 aromatic carbocycles. The molecular formula is C10H11NO4. The van der Waals surface area contributed by atoms with Crippen molar-refractivity contribution >= 4 is 12.1 Å².